The molecule has 1 aliphatic rings. The molecule has 23 heavy (non-hydrogen) atoms. The van der Waals surface area contributed by atoms with Gasteiger partial charge < -0.3 is 14.6 Å². The van der Waals surface area contributed by atoms with Gasteiger partial charge in [0.25, 0.3) is 0 Å². The first kappa shape index (κ1) is 15.2. The second kappa shape index (κ2) is 6.20. The van der Waals surface area contributed by atoms with Gasteiger partial charge in [0.1, 0.15) is 5.76 Å². The molecular formula is C16H18N4O3. The van der Waals surface area contributed by atoms with Crippen molar-refractivity contribution in [2.24, 2.45) is 5.92 Å². The van der Waals surface area contributed by atoms with E-state index in [0.717, 1.165) is 11.3 Å². The lowest BCUT2D eigenvalue weighted by Crippen LogP contribution is -2.34. The Bertz CT molecular complexity index is 713. The van der Waals surface area contributed by atoms with E-state index >= 15 is 0 Å². The number of hydrogen-bond donors (Lipinski definition) is 1. The highest BCUT2D eigenvalue weighted by atomic mass is 16.3. The first-order valence-corrected chi connectivity index (χ1v) is 7.40. The number of carbonyl (C=O) groups excluding carboxylic acids is 2. The number of hydrogen-bond acceptors (Lipinski definition) is 5. The van der Waals surface area contributed by atoms with Crippen LogP contribution in [0.2, 0.25) is 0 Å². The molecule has 0 radical (unpaired) electrons. The van der Waals surface area contributed by atoms with E-state index in [0.29, 0.717) is 5.76 Å². The third-order valence-electron chi connectivity index (χ3n) is 4.22. The molecule has 0 bridgehead atoms. The number of aryl methyl sites for hydroxylation is 1. The summed E-state index contributed by atoms with van der Waals surface area (Å²) in [7, 11) is 1.72. The fraction of sp³-hybridized carbons (Fsp3) is 0.375. The quantitative estimate of drug-likeness (QED) is 0.916. The molecule has 1 saturated heterocycles. The summed E-state index contributed by atoms with van der Waals surface area (Å²) in [4.78, 5) is 34.3. The zero-order valence-corrected chi connectivity index (χ0v) is 13.0. The van der Waals surface area contributed by atoms with E-state index in [1.165, 1.54) is 6.39 Å². The first-order chi connectivity index (χ1) is 11.1. The van der Waals surface area contributed by atoms with E-state index in [-0.39, 0.29) is 30.8 Å². The molecule has 7 nitrogen and oxygen atoms in total. The van der Waals surface area contributed by atoms with E-state index in [2.05, 4.69) is 15.3 Å². The van der Waals surface area contributed by atoms with Crippen molar-refractivity contribution in [2.45, 2.75) is 25.9 Å². The Morgan fingerprint density at radius 1 is 1.52 bits per heavy atom. The van der Waals surface area contributed by atoms with Crippen molar-refractivity contribution in [1.29, 1.82) is 0 Å². The molecule has 2 atom stereocenters. The molecule has 1 aliphatic heterocycles. The van der Waals surface area contributed by atoms with Gasteiger partial charge in [-0.15, -0.1) is 0 Å². The number of nitrogens with one attached hydrogen (secondary N) is 1. The SMILES string of the molecule is Cc1ncoc1CNC(=O)[C@H]1CC(=O)N(C)[C@@H]1c1cccnc1. The number of likely N-dealkylation sites (tertiary alicyclic amines) is 1. The number of amides is 2. The average molecular weight is 314 g/mol. The van der Waals surface area contributed by atoms with Gasteiger partial charge in [0.15, 0.2) is 6.39 Å². The minimum atomic E-state index is -0.445. The average Bonchev–Trinajstić information content (AvgIpc) is 3.10. The molecule has 7 heteroatoms. The zero-order valence-electron chi connectivity index (χ0n) is 13.0. The number of aromatic nitrogens is 2. The monoisotopic (exact) mass is 314 g/mol. The van der Waals surface area contributed by atoms with Crippen LogP contribution in [0.25, 0.3) is 0 Å². The Morgan fingerprint density at radius 2 is 2.35 bits per heavy atom. The predicted molar refractivity (Wildman–Crippen MR) is 80.9 cm³/mol. The van der Waals surface area contributed by atoms with Crippen molar-refractivity contribution in [3.8, 4) is 0 Å². The minimum Gasteiger partial charge on any atom is -0.446 e. The van der Waals surface area contributed by atoms with Gasteiger partial charge in [0, 0.05) is 25.9 Å². The van der Waals surface area contributed by atoms with Crippen molar-refractivity contribution in [3.63, 3.8) is 0 Å². The Balaban J connectivity index is 1.75. The van der Waals surface area contributed by atoms with Crippen molar-refractivity contribution in [1.82, 2.24) is 20.2 Å². The van der Waals surface area contributed by atoms with Gasteiger partial charge in [-0.1, -0.05) is 6.07 Å². The highest BCUT2D eigenvalue weighted by Gasteiger charge is 2.42. The lowest BCUT2D eigenvalue weighted by atomic mass is 9.94. The molecule has 0 spiro atoms. The van der Waals surface area contributed by atoms with Crippen molar-refractivity contribution in [3.05, 3.63) is 47.9 Å². The summed E-state index contributed by atoms with van der Waals surface area (Å²) in [6.07, 6.45) is 4.90. The smallest absolute Gasteiger partial charge is 0.226 e. The number of rotatable bonds is 4. The Labute approximate surface area is 133 Å². The maximum Gasteiger partial charge on any atom is 0.226 e. The normalized spacial score (nSPS) is 20.8. The van der Waals surface area contributed by atoms with Crippen LogP contribution in [0.4, 0.5) is 0 Å². The topological polar surface area (TPSA) is 88.3 Å². The molecule has 2 aromatic rings. The van der Waals surface area contributed by atoms with Crippen molar-refractivity contribution >= 4 is 11.8 Å². The lowest BCUT2D eigenvalue weighted by molar-refractivity contribution is -0.128. The molecule has 0 aliphatic carbocycles. The summed E-state index contributed by atoms with van der Waals surface area (Å²) >= 11 is 0. The number of pyridine rings is 1. The van der Waals surface area contributed by atoms with Crippen LogP contribution in [-0.4, -0.2) is 33.7 Å². The molecule has 2 amide bonds. The molecular weight excluding hydrogens is 296 g/mol. The fourth-order valence-electron chi connectivity index (χ4n) is 2.91. The molecule has 0 saturated carbocycles. The Kier molecular flexibility index (Phi) is 4.10. The molecule has 3 heterocycles. The van der Waals surface area contributed by atoms with Crippen LogP contribution < -0.4 is 5.32 Å². The van der Waals surface area contributed by atoms with E-state index in [4.69, 9.17) is 4.42 Å². The summed E-state index contributed by atoms with van der Waals surface area (Å²) in [5.74, 6) is -0.0453. The second-order valence-corrected chi connectivity index (χ2v) is 5.63. The summed E-state index contributed by atoms with van der Waals surface area (Å²) in [5, 5.41) is 2.84. The maximum atomic E-state index is 12.6. The molecule has 2 aromatic heterocycles. The summed E-state index contributed by atoms with van der Waals surface area (Å²) in [5.41, 5.74) is 1.60. The largest absolute Gasteiger partial charge is 0.446 e. The Hall–Kier alpha value is -2.70. The third kappa shape index (κ3) is 2.94. The maximum absolute atomic E-state index is 12.6. The van der Waals surface area contributed by atoms with Crippen molar-refractivity contribution in [2.75, 3.05) is 7.05 Å². The van der Waals surface area contributed by atoms with Crippen LogP contribution >= 0.6 is 0 Å². The van der Waals surface area contributed by atoms with Gasteiger partial charge in [-0.05, 0) is 18.6 Å². The highest BCUT2D eigenvalue weighted by Crippen LogP contribution is 2.36. The van der Waals surface area contributed by atoms with E-state index in [9.17, 15) is 9.59 Å². The van der Waals surface area contributed by atoms with Crippen LogP contribution in [0.3, 0.4) is 0 Å². The van der Waals surface area contributed by atoms with Gasteiger partial charge in [0.05, 0.1) is 24.2 Å². The fourth-order valence-corrected chi connectivity index (χ4v) is 2.91. The highest BCUT2D eigenvalue weighted by molar-refractivity contribution is 5.90. The summed E-state index contributed by atoms with van der Waals surface area (Å²) in [6.45, 7) is 2.08. The van der Waals surface area contributed by atoms with Gasteiger partial charge in [0.2, 0.25) is 11.8 Å². The summed E-state index contributed by atoms with van der Waals surface area (Å²) in [6, 6.07) is 3.39. The lowest BCUT2D eigenvalue weighted by Gasteiger charge is -2.24. The van der Waals surface area contributed by atoms with Gasteiger partial charge in [-0.2, -0.15) is 0 Å². The molecule has 1 fully saturated rings. The van der Waals surface area contributed by atoms with Crippen LogP contribution in [-0.2, 0) is 16.1 Å². The van der Waals surface area contributed by atoms with Crippen LogP contribution in [0, 0.1) is 12.8 Å². The first-order valence-electron chi connectivity index (χ1n) is 7.40. The molecule has 0 aromatic carbocycles. The predicted octanol–water partition coefficient (Wildman–Crippen LogP) is 1.21. The minimum absolute atomic E-state index is 0.0464. The zero-order chi connectivity index (χ0) is 16.4. The molecule has 1 N–H and O–H groups in total. The van der Waals surface area contributed by atoms with E-state index in [1.54, 1.807) is 30.4 Å². The second-order valence-electron chi connectivity index (χ2n) is 5.63. The number of nitrogens with zero attached hydrogens (tertiary/aromatic N) is 3. The van der Waals surface area contributed by atoms with Crippen LogP contribution in [0.5, 0.6) is 0 Å². The van der Waals surface area contributed by atoms with Gasteiger partial charge in [-0.25, -0.2) is 4.98 Å². The van der Waals surface area contributed by atoms with Crippen molar-refractivity contribution < 1.29 is 14.0 Å². The number of oxazole rings is 1. The summed E-state index contributed by atoms with van der Waals surface area (Å²) < 4.78 is 5.22. The van der Waals surface area contributed by atoms with E-state index < -0.39 is 5.92 Å². The van der Waals surface area contributed by atoms with E-state index in [1.807, 2.05) is 13.0 Å². The van der Waals surface area contributed by atoms with Gasteiger partial charge >= 0.3 is 0 Å². The molecule has 3 rings (SSSR count). The third-order valence-corrected chi connectivity index (χ3v) is 4.22. The molecule has 120 valence electrons. The van der Waals surface area contributed by atoms with Crippen LogP contribution in [0.15, 0.2) is 35.3 Å². The van der Waals surface area contributed by atoms with Gasteiger partial charge in [-0.3, -0.25) is 14.6 Å². The Morgan fingerprint density at radius 3 is 3.00 bits per heavy atom. The standard InChI is InChI=1S/C16H18N4O3/c1-10-13(23-9-19-10)8-18-16(22)12-6-14(21)20(2)15(12)11-4-3-5-17-7-11/h3-5,7,9,12,15H,6,8H2,1-2H3,(H,18,22)/t12-,15+/m0/s1. The molecule has 0 unspecified atom stereocenters. The number of carbonyl (C=O) groups is 2. The van der Waals surface area contributed by atoms with Crippen LogP contribution in [0.1, 0.15) is 29.5 Å².